The number of nitrogens with zero attached hydrogens (tertiary/aromatic N) is 1. The van der Waals surface area contributed by atoms with Gasteiger partial charge in [0.1, 0.15) is 0 Å². The predicted molar refractivity (Wildman–Crippen MR) is 82.1 cm³/mol. The first-order valence-corrected chi connectivity index (χ1v) is 7.38. The molecule has 1 aliphatic heterocycles. The summed E-state index contributed by atoms with van der Waals surface area (Å²) in [6, 6.07) is 8.15. The Morgan fingerprint density at radius 3 is 3.05 bits per heavy atom. The van der Waals surface area contributed by atoms with Crippen molar-refractivity contribution in [3.8, 4) is 0 Å². The van der Waals surface area contributed by atoms with Gasteiger partial charge in [-0.25, -0.2) is 0 Å². The van der Waals surface area contributed by atoms with Crippen LogP contribution in [0.15, 0.2) is 30.5 Å². The van der Waals surface area contributed by atoms with Gasteiger partial charge in [-0.2, -0.15) is 0 Å². The molecule has 1 saturated heterocycles. The Hall–Kier alpha value is -2.34. The summed E-state index contributed by atoms with van der Waals surface area (Å²) in [7, 11) is 0. The summed E-state index contributed by atoms with van der Waals surface area (Å²) in [5.41, 5.74) is 7.45. The average molecular weight is 301 g/mol. The molecule has 0 radical (unpaired) electrons. The maximum absolute atomic E-state index is 12.3. The Kier molecular flexibility index (Phi) is 4.11. The van der Waals surface area contributed by atoms with Crippen LogP contribution in [0.3, 0.4) is 0 Å². The van der Waals surface area contributed by atoms with Crippen molar-refractivity contribution in [1.82, 2.24) is 9.88 Å². The molecule has 116 valence electrons. The molecule has 2 aromatic rings. The van der Waals surface area contributed by atoms with Gasteiger partial charge in [0.25, 0.3) is 0 Å². The summed E-state index contributed by atoms with van der Waals surface area (Å²) in [6.45, 7) is 1.12. The molecule has 1 aliphatic rings. The van der Waals surface area contributed by atoms with Gasteiger partial charge in [-0.1, -0.05) is 6.07 Å². The highest BCUT2D eigenvalue weighted by Gasteiger charge is 2.27. The third kappa shape index (κ3) is 3.12. The predicted octanol–water partition coefficient (Wildman–Crippen LogP) is 0.813. The van der Waals surface area contributed by atoms with Gasteiger partial charge in [0.05, 0.1) is 13.2 Å². The van der Waals surface area contributed by atoms with Crippen LogP contribution in [0, 0.1) is 0 Å². The van der Waals surface area contributed by atoms with Gasteiger partial charge in [0, 0.05) is 24.7 Å². The molecule has 6 nitrogen and oxygen atoms in total. The van der Waals surface area contributed by atoms with Crippen LogP contribution in [0.1, 0.15) is 12.0 Å². The smallest absolute Gasteiger partial charge is 0.248 e. The number of hydrogen-bond donors (Lipinski definition) is 2. The van der Waals surface area contributed by atoms with Crippen molar-refractivity contribution < 1.29 is 14.3 Å². The van der Waals surface area contributed by atoms with E-state index in [9.17, 15) is 9.59 Å². The zero-order chi connectivity index (χ0) is 15.5. The Morgan fingerprint density at radius 2 is 2.23 bits per heavy atom. The number of aromatic nitrogens is 1. The number of rotatable bonds is 4. The lowest BCUT2D eigenvalue weighted by molar-refractivity contribution is -0.145. The average Bonchev–Trinajstić information content (AvgIpc) is 3.00. The maximum atomic E-state index is 12.3. The number of morpholine rings is 1. The lowest BCUT2D eigenvalue weighted by Gasteiger charge is -2.31. The van der Waals surface area contributed by atoms with E-state index in [0.717, 1.165) is 16.5 Å². The van der Waals surface area contributed by atoms with Gasteiger partial charge < -0.3 is 20.4 Å². The van der Waals surface area contributed by atoms with Crippen molar-refractivity contribution in [3.63, 3.8) is 0 Å². The number of benzene rings is 1. The van der Waals surface area contributed by atoms with Crippen molar-refractivity contribution in [1.29, 1.82) is 0 Å². The van der Waals surface area contributed by atoms with Gasteiger partial charge >= 0.3 is 0 Å². The van der Waals surface area contributed by atoms with E-state index in [1.807, 2.05) is 24.4 Å². The molecule has 2 amide bonds. The van der Waals surface area contributed by atoms with Crippen molar-refractivity contribution >= 4 is 22.7 Å². The monoisotopic (exact) mass is 301 g/mol. The van der Waals surface area contributed by atoms with E-state index in [1.165, 1.54) is 0 Å². The van der Waals surface area contributed by atoms with Crippen molar-refractivity contribution in [2.75, 3.05) is 19.7 Å². The van der Waals surface area contributed by atoms with E-state index < -0.39 is 12.0 Å². The molecular formula is C16H19N3O3. The van der Waals surface area contributed by atoms with Crippen LogP contribution < -0.4 is 5.73 Å². The number of carbonyl (C=O) groups is 2. The fraction of sp³-hybridized carbons (Fsp3) is 0.375. The second kappa shape index (κ2) is 6.19. The number of ether oxygens (including phenoxy) is 1. The highest BCUT2D eigenvalue weighted by Crippen LogP contribution is 2.16. The highest BCUT2D eigenvalue weighted by molar-refractivity contribution is 5.82. The molecule has 0 saturated carbocycles. The van der Waals surface area contributed by atoms with Gasteiger partial charge in [-0.05, 0) is 35.6 Å². The number of fused-ring (bicyclic) bond motifs is 1. The molecule has 2 heterocycles. The van der Waals surface area contributed by atoms with E-state index in [-0.39, 0.29) is 12.5 Å². The number of amides is 2. The molecule has 1 atom stereocenters. The number of H-pyrrole nitrogens is 1. The fourth-order valence-corrected chi connectivity index (χ4v) is 2.72. The lowest BCUT2D eigenvalue weighted by Crippen LogP contribution is -2.50. The highest BCUT2D eigenvalue weighted by atomic mass is 16.5. The second-order valence-corrected chi connectivity index (χ2v) is 5.50. The zero-order valence-corrected chi connectivity index (χ0v) is 12.2. The number of aryl methyl sites for hydroxylation is 1. The van der Waals surface area contributed by atoms with E-state index in [0.29, 0.717) is 26.0 Å². The minimum Gasteiger partial charge on any atom is -0.367 e. The van der Waals surface area contributed by atoms with Crippen LogP contribution in [0.5, 0.6) is 0 Å². The van der Waals surface area contributed by atoms with Crippen LogP contribution in [-0.4, -0.2) is 47.5 Å². The number of nitrogens with one attached hydrogen (secondary N) is 1. The quantitative estimate of drug-likeness (QED) is 0.876. The summed E-state index contributed by atoms with van der Waals surface area (Å²) in [4.78, 5) is 28.2. The maximum Gasteiger partial charge on any atom is 0.248 e. The first kappa shape index (κ1) is 14.6. The third-order valence-electron chi connectivity index (χ3n) is 3.98. The van der Waals surface area contributed by atoms with E-state index in [1.54, 1.807) is 4.90 Å². The van der Waals surface area contributed by atoms with E-state index in [4.69, 9.17) is 10.5 Å². The molecule has 3 N–H and O–H groups in total. The molecule has 6 heteroatoms. The molecule has 1 unspecified atom stereocenters. The minimum absolute atomic E-state index is 0.0312. The first-order chi connectivity index (χ1) is 10.6. The molecule has 1 aromatic carbocycles. The molecule has 22 heavy (non-hydrogen) atoms. The number of nitrogens with two attached hydrogens (primary N) is 1. The molecule has 0 bridgehead atoms. The standard InChI is InChI=1S/C16H19N3O3/c17-16(21)14-10-19(7-8-22-14)15(20)4-2-11-1-3-13-12(9-11)5-6-18-13/h1,3,5-6,9,14,18H,2,4,7-8,10H2,(H2,17,21). The van der Waals surface area contributed by atoms with Crippen LogP contribution in [0.2, 0.25) is 0 Å². The van der Waals surface area contributed by atoms with Crippen molar-refractivity contribution in [2.24, 2.45) is 5.73 Å². The minimum atomic E-state index is -0.686. The van der Waals surface area contributed by atoms with Gasteiger partial charge in [-0.3, -0.25) is 9.59 Å². The molecule has 3 rings (SSSR count). The Labute approximate surface area is 128 Å². The Balaban J connectivity index is 1.58. The first-order valence-electron chi connectivity index (χ1n) is 7.38. The molecule has 0 spiro atoms. The normalized spacial score (nSPS) is 18.5. The van der Waals surface area contributed by atoms with Gasteiger partial charge in [0.2, 0.25) is 11.8 Å². The number of hydrogen-bond acceptors (Lipinski definition) is 3. The van der Waals surface area contributed by atoms with E-state index >= 15 is 0 Å². The van der Waals surface area contributed by atoms with Crippen LogP contribution in [0.25, 0.3) is 10.9 Å². The topological polar surface area (TPSA) is 88.4 Å². The molecule has 1 fully saturated rings. The third-order valence-corrected chi connectivity index (χ3v) is 3.98. The SMILES string of the molecule is NC(=O)C1CN(C(=O)CCc2ccc3[nH]ccc3c2)CCO1. The summed E-state index contributed by atoms with van der Waals surface area (Å²) in [5.74, 6) is -0.487. The van der Waals surface area contributed by atoms with Gasteiger partial charge in [0.15, 0.2) is 6.10 Å². The molecular weight excluding hydrogens is 282 g/mol. The largest absolute Gasteiger partial charge is 0.367 e. The van der Waals surface area contributed by atoms with Crippen LogP contribution in [0.4, 0.5) is 0 Å². The Bertz CT molecular complexity index is 695. The Morgan fingerprint density at radius 1 is 1.36 bits per heavy atom. The van der Waals surface area contributed by atoms with Crippen LogP contribution >= 0.6 is 0 Å². The van der Waals surface area contributed by atoms with Crippen molar-refractivity contribution in [2.45, 2.75) is 18.9 Å². The number of primary amides is 1. The molecule has 0 aliphatic carbocycles. The number of carbonyl (C=O) groups excluding carboxylic acids is 2. The summed E-state index contributed by atoms with van der Waals surface area (Å²) in [6.07, 6.45) is 2.31. The van der Waals surface area contributed by atoms with Gasteiger partial charge in [-0.15, -0.1) is 0 Å². The number of aromatic amines is 1. The fourth-order valence-electron chi connectivity index (χ4n) is 2.72. The van der Waals surface area contributed by atoms with E-state index in [2.05, 4.69) is 11.1 Å². The second-order valence-electron chi connectivity index (χ2n) is 5.50. The molecule has 1 aromatic heterocycles. The summed E-state index contributed by atoms with van der Waals surface area (Å²) >= 11 is 0. The van der Waals surface area contributed by atoms with Crippen LogP contribution in [-0.2, 0) is 20.7 Å². The lowest BCUT2D eigenvalue weighted by atomic mass is 10.1. The van der Waals surface area contributed by atoms with Crippen molar-refractivity contribution in [3.05, 3.63) is 36.0 Å². The summed E-state index contributed by atoms with van der Waals surface area (Å²) in [5, 5.41) is 1.14. The zero-order valence-electron chi connectivity index (χ0n) is 12.2. The summed E-state index contributed by atoms with van der Waals surface area (Å²) < 4.78 is 5.25.